The Kier molecular flexibility index (Phi) is 8.54. The van der Waals surface area contributed by atoms with Gasteiger partial charge < -0.3 is 30.7 Å². The second-order valence-electron chi connectivity index (χ2n) is 4.79. The van der Waals surface area contributed by atoms with Crippen LogP contribution in [-0.2, 0) is 20.7 Å². The van der Waals surface area contributed by atoms with Gasteiger partial charge in [-0.05, 0) is 24.1 Å². The monoisotopic (exact) mass is 322 g/mol. The van der Waals surface area contributed by atoms with E-state index in [9.17, 15) is 15.0 Å². The standard InChI is InChI=1S/C16H22N2O5/c1-2-6-22-8-9-23-7-5-18-16(21)13(17)10-12-3-4-14(19)15(20)11-12/h1,3-4,11,13,19-20H,5-10,17H2,(H,18,21)/t13-/m1/s1. The predicted octanol–water partition coefficient (Wildman–Crippen LogP) is -0.250. The molecule has 0 bridgehead atoms. The van der Waals surface area contributed by atoms with E-state index in [2.05, 4.69) is 11.2 Å². The number of hydrogen-bond donors (Lipinski definition) is 4. The summed E-state index contributed by atoms with van der Waals surface area (Å²) in [6, 6.07) is 3.58. The molecule has 0 aliphatic carbocycles. The van der Waals surface area contributed by atoms with Crippen LogP contribution in [0.3, 0.4) is 0 Å². The van der Waals surface area contributed by atoms with Crippen molar-refractivity contribution >= 4 is 5.91 Å². The van der Waals surface area contributed by atoms with Crippen LogP contribution in [0.25, 0.3) is 0 Å². The van der Waals surface area contributed by atoms with Crippen LogP contribution in [0.4, 0.5) is 0 Å². The lowest BCUT2D eigenvalue weighted by Gasteiger charge is -2.13. The Labute approximate surface area is 135 Å². The van der Waals surface area contributed by atoms with Crippen molar-refractivity contribution in [3.63, 3.8) is 0 Å². The SMILES string of the molecule is C#CCOCCOCCNC(=O)[C@H](N)Cc1ccc(O)c(O)c1. The molecule has 0 heterocycles. The molecule has 0 aliphatic heterocycles. The first-order chi connectivity index (χ1) is 11.0. The van der Waals surface area contributed by atoms with Gasteiger partial charge in [0.05, 0.1) is 25.9 Å². The first kappa shape index (κ1) is 18.8. The maximum absolute atomic E-state index is 11.8. The first-order valence-corrected chi connectivity index (χ1v) is 7.17. The minimum atomic E-state index is -0.752. The fourth-order valence-electron chi connectivity index (χ4n) is 1.77. The smallest absolute Gasteiger partial charge is 0.237 e. The highest BCUT2D eigenvalue weighted by Gasteiger charge is 2.14. The topological polar surface area (TPSA) is 114 Å². The number of carbonyl (C=O) groups excluding carboxylic acids is 1. The number of phenols is 2. The quantitative estimate of drug-likeness (QED) is 0.268. The fourth-order valence-corrected chi connectivity index (χ4v) is 1.77. The van der Waals surface area contributed by atoms with Crippen molar-refractivity contribution in [1.82, 2.24) is 5.32 Å². The summed E-state index contributed by atoms with van der Waals surface area (Å²) >= 11 is 0. The van der Waals surface area contributed by atoms with E-state index in [1.165, 1.54) is 12.1 Å². The molecule has 7 heteroatoms. The number of carbonyl (C=O) groups is 1. The summed E-state index contributed by atoms with van der Waals surface area (Å²) in [6.07, 6.45) is 5.27. The lowest BCUT2D eigenvalue weighted by atomic mass is 10.1. The number of terminal acetylenes is 1. The minimum Gasteiger partial charge on any atom is -0.504 e. The molecule has 0 aromatic heterocycles. The maximum atomic E-state index is 11.8. The Bertz CT molecular complexity index is 542. The molecule has 23 heavy (non-hydrogen) atoms. The van der Waals surface area contributed by atoms with Gasteiger partial charge >= 0.3 is 0 Å². The first-order valence-electron chi connectivity index (χ1n) is 7.17. The molecular weight excluding hydrogens is 300 g/mol. The summed E-state index contributed by atoms with van der Waals surface area (Å²) in [4.78, 5) is 11.8. The molecule has 0 radical (unpaired) electrons. The molecule has 0 unspecified atom stereocenters. The number of hydrogen-bond acceptors (Lipinski definition) is 6. The van der Waals surface area contributed by atoms with Gasteiger partial charge in [0.1, 0.15) is 6.61 Å². The molecule has 0 saturated carbocycles. The van der Waals surface area contributed by atoms with Gasteiger partial charge in [-0.15, -0.1) is 6.42 Å². The number of nitrogens with one attached hydrogen (secondary N) is 1. The van der Waals surface area contributed by atoms with Crippen molar-refractivity contribution in [2.24, 2.45) is 5.73 Å². The molecule has 126 valence electrons. The Hall–Kier alpha value is -2.27. The molecule has 0 spiro atoms. The molecule has 5 N–H and O–H groups in total. The van der Waals surface area contributed by atoms with E-state index < -0.39 is 6.04 Å². The average molecular weight is 322 g/mol. The number of rotatable bonds is 10. The van der Waals surface area contributed by atoms with Crippen LogP contribution < -0.4 is 11.1 Å². The number of amides is 1. The Morgan fingerprint density at radius 1 is 1.26 bits per heavy atom. The van der Waals surface area contributed by atoms with Gasteiger partial charge in [-0.25, -0.2) is 0 Å². The predicted molar refractivity (Wildman–Crippen MR) is 84.9 cm³/mol. The molecule has 7 nitrogen and oxygen atoms in total. The molecule has 1 aromatic carbocycles. The van der Waals surface area contributed by atoms with Crippen LogP contribution in [-0.4, -0.2) is 55.1 Å². The van der Waals surface area contributed by atoms with Crippen molar-refractivity contribution in [3.8, 4) is 23.8 Å². The summed E-state index contributed by atoms with van der Waals surface area (Å²) in [6.45, 7) is 1.74. The highest BCUT2D eigenvalue weighted by Crippen LogP contribution is 2.25. The van der Waals surface area contributed by atoms with E-state index in [0.717, 1.165) is 0 Å². The van der Waals surface area contributed by atoms with E-state index in [4.69, 9.17) is 21.6 Å². The molecule has 0 fully saturated rings. The van der Waals surface area contributed by atoms with Crippen LogP contribution in [0.2, 0.25) is 0 Å². The van der Waals surface area contributed by atoms with Crippen molar-refractivity contribution in [2.75, 3.05) is 33.0 Å². The van der Waals surface area contributed by atoms with E-state index in [-0.39, 0.29) is 30.4 Å². The van der Waals surface area contributed by atoms with Crippen molar-refractivity contribution in [3.05, 3.63) is 23.8 Å². The summed E-state index contributed by atoms with van der Waals surface area (Å²) in [5, 5.41) is 21.3. The molecule has 1 atom stereocenters. The van der Waals surface area contributed by atoms with Gasteiger partial charge in [0.25, 0.3) is 0 Å². The zero-order chi connectivity index (χ0) is 17.1. The number of aromatic hydroxyl groups is 2. The zero-order valence-electron chi connectivity index (χ0n) is 12.8. The summed E-state index contributed by atoms with van der Waals surface area (Å²) in [5.74, 6) is 1.58. The maximum Gasteiger partial charge on any atom is 0.237 e. The van der Waals surface area contributed by atoms with Crippen LogP contribution in [0, 0.1) is 12.3 Å². The van der Waals surface area contributed by atoms with E-state index in [0.29, 0.717) is 31.9 Å². The van der Waals surface area contributed by atoms with Gasteiger partial charge in [0.15, 0.2) is 11.5 Å². The fraction of sp³-hybridized carbons (Fsp3) is 0.438. The summed E-state index contributed by atoms with van der Waals surface area (Å²) < 4.78 is 10.3. The number of nitrogens with two attached hydrogens (primary N) is 1. The van der Waals surface area contributed by atoms with Crippen LogP contribution in [0.1, 0.15) is 5.56 Å². The zero-order valence-corrected chi connectivity index (χ0v) is 12.8. The lowest BCUT2D eigenvalue weighted by molar-refractivity contribution is -0.122. The normalized spacial score (nSPS) is 11.7. The Morgan fingerprint density at radius 2 is 2.00 bits per heavy atom. The number of phenolic OH excluding ortho intramolecular Hbond substituents is 2. The van der Waals surface area contributed by atoms with Gasteiger partial charge in [0, 0.05) is 6.54 Å². The van der Waals surface area contributed by atoms with Crippen molar-refractivity contribution in [2.45, 2.75) is 12.5 Å². The third kappa shape index (κ3) is 7.51. The molecule has 1 rings (SSSR count). The van der Waals surface area contributed by atoms with Crippen LogP contribution >= 0.6 is 0 Å². The van der Waals surface area contributed by atoms with Crippen molar-refractivity contribution in [1.29, 1.82) is 0 Å². The minimum absolute atomic E-state index is 0.213. The molecule has 1 amide bonds. The van der Waals surface area contributed by atoms with Crippen LogP contribution in [0.15, 0.2) is 18.2 Å². The van der Waals surface area contributed by atoms with Gasteiger partial charge in [0.2, 0.25) is 5.91 Å². The third-order valence-electron chi connectivity index (χ3n) is 2.94. The third-order valence-corrected chi connectivity index (χ3v) is 2.94. The molecule has 1 aromatic rings. The van der Waals surface area contributed by atoms with E-state index >= 15 is 0 Å². The Balaban J connectivity index is 2.19. The second-order valence-corrected chi connectivity index (χ2v) is 4.79. The van der Waals surface area contributed by atoms with Gasteiger partial charge in [-0.1, -0.05) is 12.0 Å². The number of ether oxygens (including phenoxy) is 2. The number of benzene rings is 1. The Morgan fingerprint density at radius 3 is 2.70 bits per heavy atom. The largest absolute Gasteiger partial charge is 0.504 e. The average Bonchev–Trinajstić information content (AvgIpc) is 2.53. The van der Waals surface area contributed by atoms with Gasteiger partial charge in [-0.3, -0.25) is 4.79 Å². The lowest BCUT2D eigenvalue weighted by Crippen LogP contribution is -2.43. The molecule has 0 aliphatic rings. The van der Waals surface area contributed by atoms with Crippen LogP contribution in [0.5, 0.6) is 11.5 Å². The summed E-state index contributed by atoms with van der Waals surface area (Å²) in [7, 11) is 0. The van der Waals surface area contributed by atoms with Gasteiger partial charge in [-0.2, -0.15) is 0 Å². The van der Waals surface area contributed by atoms with E-state index in [1.54, 1.807) is 6.07 Å². The van der Waals surface area contributed by atoms with E-state index in [1.807, 2.05) is 0 Å². The second kappa shape index (κ2) is 10.5. The highest BCUT2D eigenvalue weighted by molar-refractivity contribution is 5.81. The molecular formula is C16H22N2O5. The highest BCUT2D eigenvalue weighted by atomic mass is 16.5. The molecule has 0 saturated heterocycles. The summed E-state index contributed by atoms with van der Waals surface area (Å²) in [5.41, 5.74) is 6.45. The van der Waals surface area contributed by atoms with Crippen molar-refractivity contribution < 1.29 is 24.5 Å².